The van der Waals surface area contributed by atoms with Crippen LogP contribution in [0, 0.1) is 0 Å². The van der Waals surface area contributed by atoms with Crippen LogP contribution in [0.25, 0.3) is 0 Å². The van der Waals surface area contributed by atoms with Crippen LogP contribution in [0.2, 0.25) is 0 Å². The SMILES string of the molecule is Cn1cc(CCC(O)c2ccc(Br)o2)cn1. The molecule has 1 unspecified atom stereocenters. The highest BCUT2D eigenvalue weighted by atomic mass is 79.9. The zero-order valence-corrected chi connectivity index (χ0v) is 10.5. The Balaban J connectivity index is 1.91. The summed E-state index contributed by atoms with van der Waals surface area (Å²) < 4.78 is 7.68. The molecule has 2 aromatic rings. The minimum atomic E-state index is -0.563. The van der Waals surface area contributed by atoms with Crippen LogP contribution in [-0.2, 0) is 13.5 Å². The van der Waals surface area contributed by atoms with Crippen molar-refractivity contribution in [1.82, 2.24) is 9.78 Å². The first-order valence-electron chi connectivity index (χ1n) is 5.06. The maximum Gasteiger partial charge on any atom is 0.169 e. The van der Waals surface area contributed by atoms with E-state index in [1.807, 2.05) is 19.4 Å². The van der Waals surface area contributed by atoms with Gasteiger partial charge in [0.2, 0.25) is 0 Å². The molecule has 0 bridgehead atoms. The van der Waals surface area contributed by atoms with Gasteiger partial charge >= 0.3 is 0 Å². The van der Waals surface area contributed by atoms with Crippen LogP contribution in [0.4, 0.5) is 0 Å². The second kappa shape index (κ2) is 4.84. The Labute approximate surface area is 102 Å². The molecule has 4 nitrogen and oxygen atoms in total. The van der Waals surface area contributed by atoms with Crippen LogP contribution in [-0.4, -0.2) is 14.9 Å². The Morgan fingerprint density at radius 2 is 2.38 bits per heavy atom. The minimum Gasteiger partial charge on any atom is -0.452 e. The van der Waals surface area contributed by atoms with Gasteiger partial charge in [-0.05, 0) is 46.5 Å². The number of aromatic nitrogens is 2. The van der Waals surface area contributed by atoms with Crippen LogP contribution in [0.1, 0.15) is 23.8 Å². The number of rotatable bonds is 4. The lowest BCUT2D eigenvalue weighted by atomic mass is 10.1. The fourth-order valence-corrected chi connectivity index (χ4v) is 1.87. The summed E-state index contributed by atoms with van der Waals surface area (Å²) in [5.41, 5.74) is 1.12. The van der Waals surface area contributed by atoms with Crippen molar-refractivity contribution < 1.29 is 9.52 Å². The quantitative estimate of drug-likeness (QED) is 0.938. The molecule has 0 saturated heterocycles. The lowest BCUT2D eigenvalue weighted by Gasteiger charge is -2.05. The number of furan rings is 1. The van der Waals surface area contributed by atoms with Crippen LogP contribution >= 0.6 is 15.9 Å². The van der Waals surface area contributed by atoms with Crippen molar-refractivity contribution >= 4 is 15.9 Å². The molecule has 0 aliphatic rings. The zero-order chi connectivity index (χ0) is 11.5. The van der Waals surface area contributed by atoms with E-state index < -0.39 is 6.10 Å². The fourth-order valence-electron chi connectivity index (χ4n) is 1.55. The van der Waals surface area contributed by atoms with E-state index >= 15 is 0 Å². The fraction of sp³-hybridized carbons (Fsp3) is 0.364. The summed E-state index contributed by atoms with van der Waals surface area (Å²) in [6.45, 7) is 0. The van der Waals surface area contributed by atoms with Gasteiger partial charge in [-0.1, -0.05) is 0 Å². The molecule has 0 aliphatic heterocycles. The van der Waals surface area contributed by atoms with Crippen LogP contribution < -0.4 is 0 Å². The van der Waals surface area contributed by atoms with E-state index in [4.69, 9.17) is 4.42 Å². The molecule has 0 radical (unpaired) electrons. The van der Waals surface area contributed by atoms with Crippen LogP contribution in [0.15, 0.2) is 33.6 Å². The summed E-state index contributed by atoms with van der Waals surface area (Å²) in [4.78, 5) is 0. The highest BCUT2D eigenvalue weighted by Gasteiger charge is 2.12. The van der Waals surface area contributed by atoms with Gasteiger partial charge in [0.1, 0.15) is 11.9 Å². The van der Waals surface area contributed by atoms with Gasteiger partial charge in [-0.15, -0.1) is 0 Å². The first kappa shape index (κ1) is 11.4. The van der Waals surface area contributed by atoms with E-state index in [-0.39, 0.29) is 0 Å². The third-order valence-corrected chi connectivity index (χ3v) is 2.81. The van der Waals surface area contributed by atoms with Gasteiger partial charge in [0.15, 0.2) is 4.67 Å². The molecule has 0 spiro atoms. The van der Waals surface area contributed by atoms with Crippen molar-refractivity contribution in [3.05, 3.63) is 40.5 Å². The molecule has 5 heteroatoms. The molecule has 16 heavy (non-hydrogen) atoms. The largest absolute Gasteiger partial charge is 0.452 e. The minimum absolute atomic E-state index is 0.563. The maximum absolute atomic E-state index is 9.86. The number of hydrogen-bond acceptors (Lipinski definition) is 3. The molecule has 2 aromatic heterocycles. The summed E-state index contributed by atoms with van der Waals surface area (Å²) >= 11 is 3.21. The van der Waals surface area contributed by atoms with Gasteiger partial charge in [0, 0.05) is 13.2 Å². The van der Waals surface area contributed by atoms with Gasteiger partial charge in [0.25, 0.3) is 0 Å². The van der Waals surface area contributed by atoms with E-state index in [1.165, 1.54) is 0 Å². The molecule has 1 atom stereocenters. The smallest absolute Gasteiger partial charge is 0.169 e. The Kier molecular flexibility index (Phi) is 3.46. The average molecular weight is 285 g/mol. The normalized spacial score (nSPS) is 12.9. The molecule has 0 saturated carbocycles. The number of aryl methyl sites for hydroxylation is 2. The predicted molar refractivity (Wildman–Crippen MR) is 62.9 cm³/mol. The van der Waals surface area contributed by atoms with Crippen LogP contribution in [0.3, 0.4) is 0 Å². The summed E-state index contributed by atoms with van der Waals surface area (Å²) in [6, 6.07) is 3.56. The van der Waals surface area contributed by atoms with Gasteiger partial charge < -0.3 is 9.52 Å². The monoisotopic (exact) mass is 284 g/mol. The van der Waals surface area contributed by atoms with Gasteiger partial charge in [-0.2, -0.15) is 5.10 Å². The van der Waals surface area contributed by atoms with Crippen molar-refractivity contribution in [3.63, 3.8) is 0 Å². The number of aliphatic hydroxyl groups excluding tert-OH is 1. The standard InChI is InChI=1S/C11H13BrN2O2/c1-14-7-8(6-13-14)2-3-9(15)10-4-5-11(12)16-10/h4-7,9,15H,2-3H2,1H3. The molecule has 0 aliphatic carbocycles. The summed E-state index contributed by atoms with van der Waals surface area (Å²) in [6.07, 6.45) is 4.61. The van der Waals surface area contributed by atoms with E-state index in [0.29, 0.717) is 16.9 Å². The van der Waals surface area contributed by atoms with Gasteiger partial charge in [0.05, 0.1) is 6.20 Å². The Bertz CT molecular complexity index is 464. The molecule has 1 N–H and O–H groups in total. The molecule has 0 aromatic carbocycles. The Morgan fingerprint density at radius 3 is 2.94 bits per heavy atom. The molecule has 2 heterocycles. The molecule has 0 fully saturated rings. The second-order valence-corrected chi connectivity index (χ2v) is 4.50. The van der Waals surface area contributed by atoms with E-state index in [0.717, 1.165) is 12.0 Å². The highest BCUT2D eigenvalue weighted by Crippen LogP contribution is 2.23. The lowest BCUT2D eigenvalue weighted by Crippen LogP contribution is -1.97. The first-order valence-corrected chi connectivity index (χ1v) is 5.85. The molecule has 0 amide bonds. The van der Waals surface area contributed by atoms with Crippen molar-refractivity contribution in [2.45, 2.75) is 18.9 Å². The summed E-state index contributed by atoms with van der Waals surface area (Å²) in [7, 11) is 1.88. The average Bonchev–Trinajstić information content (AvgIpc) is 2.84. The first-order chi connectivity index (χ1) is 7.65. The number of hydrogen-bond donors (Lipinski definition) is 1. The second-order valence-electron chi connectivity index (χ2n) is 3.72. The summed E-state index contributed by atoms with van der Waals surface area (Å²) in [5.74, 6) is 0.593. The maximum atomic E-state index is 9.86. The zero-order valence-electron chi connectivity index (χ0n) is 8.93. The molecule has 86 valence electrons. The third kappa shape index (κ3) is 2.74. The molecule has 2 rings (SSSR count). The van der Waals surface area contributed by atoms with Crippen molar-refractivity contribution in [2.24, 2.45) is 7.05 Å². The van der Waals surface area contributed by atoms with E-state index in [2.05, 4.69) is 21.0 Å². The van der Waals surface area contributed by atoms with Gasteiger partial charge in [-0.3, -0.25) is 4.68 Å². The summed E-state index contributed by atoms with van der Waals surface area (Å²) in [5, 5.41) is 13.9. The Hall–Kier alpha value is -1.07. The predicted octanol–water partition coefficient (Wildman–Crippen LogP) is 2.44. The van der Waals surface area contributed by atoms with Gasteiger partial charge in [-0.25, -0.2) is 0 Å². The van der Waals surface area contributed by atoms with Crippen LogP contribution in [0.5, 0.6) is 0 Å². The number of halogens is 1. The number of nitrogens with zero attached hydrogens (tertiary/aromatic N) is 2. The molecular weight excluding hydrogens is 272 g/mol. The van der Waals surface area contributed by atoms with Crippen molar-refractivity contribution in [2.75, 3.05) is 0 Å². The topological polar surface area (TPSA) is 51.2 Å². The van der Waals surface area contributed by atoms with Crippen molar-refractivity contribution in [1.29, 1.82) is 0 Å². The van der Waals surface area contributed by atoms with E-state index in [9.17, 15) is 5.11 Å². The van der Waals surface area contributed by atoms with Crippen molar-refractivity contribution in [3.8, 4) is 0 Å². The number of aliphatic hydroxyl groups is 1. The highest BCUT2D eigenvalue weighted by molar-refractivity contribution is 9.10. The molecular formula is C11H13BrN2O2. The lowest BCUT2D eigenvalue weighted by molar-refractivity contribution is 0.139. The Morgan fingerprint density at radius 1 is 1.56 bits per heavy atom. The third-order valence-electron chi connectivity index (χ3n) is 2.39. The van der Waals surface area contributed by atoms with E-state index in [1.54, 1.807) is 16.8 Å².